The van der Waals surface area contributed by atoms with Gasteiger partial charge in [0.05, 0.1) is 13.2 Å². The van der Waals surface area contributed by atoms with Crippen molar-refractivity contribution in [3.63, 3.8) is 0 Å². The Morgan fingerprint density at radius 2 is 1.87 bits per heavy atom. The molecule has 0 saturated carbocycles. The predicted molar refractivity (Wildman–Crippen MR) is 106 cm³/mol. The lowest BCUT2D eigenvalue weighted by Crippen LogP contribution is -2.44. The summed E-state index contributed by atoms with van der Waals surface area (Å²) in [5, 5.41) is 6.53. The van der Waals surface area contributed by atoms with E-state index in [0.29, 0.717) is 19.6 Å². The molecule has 1 atom stereocenters. The summed E-state index contributed by atoms with van der Waals surface area (Å²) in [6.07, 6.45) is 4.56. The van der Waals surface area contributed by atoms with Gasteiger partial charge in [0.25, 0.3) is 0 Å². The molecule has 138 valence electrons. The number of carbonyl (C=O) groups is 1. The van der Waals surface area contributed by atoms with Gasteiger partial charge < -0.3 is 20.1 Å². The Balaban J connectivity index is 0. The second-order valence-corrected chi connectivity index (χ2v) is 5.23. The molecule has 2 N–H and O–H groups in total. The summed E-state index contributed by atoms with van der Waals surface area (Å²) < 4.78 is 10.0. The number of carbonyl (C=O) groups excluding carboxylic acids is 1. The molecule has 0 aliphatic carbocycles. The van der Waals surface area contributed by atoms with Crippen LogP contribution in [0.15, 0.2) is 4.99 Å². The molecule has 23 heavy (non-hydrogen) atoms. The summed E-state index contributed by atoms with van der Waals surface area (Å²) in [6.45, 7) is 8.69. The largest absolute Gasteiger partial charge is 0.466 e. The Hall–Kier alpha value is -0.570. The molecule has 0 aromatic rings. The maximum Gasteiger partial charge on any atom is 0.305 e. The van der Waals surface area contributed by atoms with Crippen molar-refractivity contribution in [3.8, 4) is 0 Å². The first-order valence-electron chi connectivity index (χ1n) is 8.33. The monoisotopic (exact) mass is 443 g/mol. The van der Waals surface area contributed by atoms with Crippen molar-refractivity contribution in [2.75, 3.05) is 33.4 Å². The van der Waals surface area contributed by atoms with Crippen LogP contribution >= 0.6 is 24.0 Å². The van der Waals surface area contributed by atoms with Gasteiger partial charge in [0.1, 0.15) is 0 Å². The zero-order valence-corrected chi connectivity index (χ0v) is 17.4. The summed E-state index contributed by atoms with van der Waals surface area (Å²) in [6, 6.07) is 0.229. The lowest BCUT2D eigenvalue weighted by Gasteiger charge is -2.16. The average Bonchev–Trinajstić information content (AvgIpc) is 2.46. The molecular formula is C16H34IN3O3. The van der Waals surface area contributed by atoms with Crippen LogP contribution in [0.5, 0.6) is 0 Å². The van der Waals surface area contributed by atoms with Crippen LogP contribution in [0.4, 0.5) is 0 Å². The highest BCUT2D eigenvalue weighted by atomic mass is 127. The van der Waals surface area contributed by atoms with E-state index in [4.69, 9.17) is 9.47 Å². The van der Waals surface area contributed by atoms with Gasteiger partial charge in [-0.05, 0) is 33.6 Å². The molecule has 0 aromatic carbocycles. The van der Waals surface area contributed by atoms with Crippen molar-refractivity contribution in [3.05, 3.63) is 0 Å². The van der Waals surface area contributed by atoms with Crippen LogP contribution in [-0.4, -0.2) is 51.4 Å². The summed E-state index contributed by atoms with van der Waals surface area (Å²) in [4.78, 5) is 15.7. The van der Waals surface area contributed by atoms with E-state index in [0.717, 1.165) is 44.7 Å². The van der Waals surface area contributed by atoms with Gasteiger partial charge in [-0.3, -0.25) is 9.79 Å². The Morgan fingerprint density at radius 3 is 2.48 bits per heavy atom. The van der Waals surface area contributed by atoms with Crippen molar-refractivity contribution in [2.24, 2.45) is 4.99 Å². The third kappa shape index (κ3) is 16.1. The maximum absolute atomic E-state index is 11.2. The second-order valence-electron chi connectivity index (χ2n) is 5.23. The lowest BCUT2D eigenvalue weighted by molar-refractivity contribution is -0.143. The number of esters is 1. The quantitative estimate of drug-likeness (QED) is 0.160. The van der Waals surface area contributed by atoms with Gasteiger partial charge >= 0.3 is 5.97 Å². The van der Waals surface area contributed by atoms with Gasteiger partial charge in [0.15, 0.2) is 5.96 Å². The number of guanidine groups is 1. The number of methoxy groups -OCH3 is 1. The fraction of sp³-hybridized carbons (Fsp3) is 0.875. The maximum atomic E-state index is 11.2. The molecular weight excluding hydrogens is 409 g/mol. The van der Waals surface area contributed by atoms with Crippen LogP contribution in [-0.2, 0) is 14.3 Å². The summed E-state index contributed by atoms with van der Waals surface area (Å²) >= 11 is 0. The van der Waals surface area contributed by atoms with Gasteiger partial charge in [0, 0.05) is 32.7 Å². The van der Waals surface area contributed by atoms with Gasteiger partial charge in [-0.1, -0.05) is 12.8 Å². The average molecular weight is 443 g/mol. The minimum Gasteiger partial charge on any atom is -0.466 e. The Bertz CT molecular complexity index is 315. The number of rotatable bonds is 12. The molecule has 0 rings (SSSR count). The highest BCUT2D eigenvalue weighted by Crippen LogP contribution is 2.04. The van der Waals surface area contributed by atoms with Crippen molar-refractivity contribution in [1.82, 2.24) is 10.6 Å². The fourth-order valence-electron chi connectivity index (χ4n) is 2.00. The molecule has 6 nitrogen and oxygen atoms in total. The minimum atomic E-state index is -0.0914. The zero-order chi connectivity index (χ0) is 16.6. The lowest BCUT2D eigenvalue weighted by atomic mass is 10.1. The Kier molecular flexibility index (Phi) is 19.1. The predicted octanol–water partition coefficient (Wildman–Crippen LogP) is 2.71. The number of ether oxygens (including phenoxy) is 2. The standard InChI is InChI=1S/C16H33N3O3.HI/c1-5-17-16(19-14(3)13-21-4)18-12-10-8-7-9-11-15(20)22-6-2;/h14H,5-13H2,1-4H3,(H2,17,18,19);1H. The summed E-state index contributed by atoms with van der Waals surface area (Å²) in [7, 11) is 1.69. The van der Waals surface area contributed by atoms with E-state index in [1.54, 1.807) is 7.11 Å². The molecule has 7 heteroatoms. The Labute approximate surface area is 158 Å². The second kappa shape index (κ2) is 17.8. The summed E-state index contributed by atoms with van der Waals surface area (Å²) in [5.41, 5.74) is 0. The Morgan fingerprint density at radius 1 is 1.17 bits per heavy atom. The van der Waals surface area contributed by atoms with Crippen LogP contribution in [0.2, 0.25) is 0 Å². The number of nitrogens with zero attached hydrogens (tertiary/aromatic N) is 1. The highest BCUT2D eigenvalue weighted by molar-refractivity contribution is 14.0. The number of hydrogen-bond donors (Lipinski definition) is 2. The first kappa shape index (κ1) is 24.7. The smallest absolute Gasteiger partial charge is 0.305 e. The van der Waals surface area contributed by atoms with Crippen LogP contribution < -0.4 is 10.6 Å². The van der Waals surface area contributed by atoms with E-state index in [2.05, 4.69) is 22.5 Å². The third-order valence-electron chi connectivity index (χ3n) is 3.01. The van der Waals surface area contributed by atoms with E-state index in [1.807, 2.05) is 13.8 Å². The number of nitrogens with one attached hydrogen (secondary N) is 2. The van der Waals surface area contributed by atoms with Crippen molar-refractivity contribution >= 4 is 35.9 Å². The van der Waals surface area contributed by atoms with E-state index in [9.17, 15) is 4.79 Å². The molecule has 0 aliphatic heterocycles. The van der Waals surface area contributed by atoms with Gasteiger partial charge in [-0.15, -0.1) is 24.0 Å². The van der Waals surface area contributed by atoms with Crippen molar-refractivity contribution in [1.29, 1.82) is 0 Å². The molecule has 0 radical (unpaired) electrons. The van der Waals surface area contributed by atoms with E-state index >= 15 is 0 Å². The van der Waals surface area contributed by atoms with Crippen molar-refractivity contribution in [2.45, 2.75) is 58.9 Å². The van der Waals surface area contributed by atoms with Crippen LogP contribution in [0.25, 0.3) is 0 Å². The van der Waals surface area contributed by atoms with E-state index < -0.39 is 0 Å². The topological polar surface area (TPSA) is 72.0 Å². The number of hydrogen-bond acceptors (Lipinski definition) is 4. The van der Waals surface area contributed by atoms with Crippen LogP contribution in [0, 0.1) is 0 Å². The van der Waals surface area contributed by atoms with Gasteiger partial charge in [0.2, 0.25) is 0 Å². The molecule has 0 fully saturated rings. The normalized spacial score (nSPS) is 12.3. The van der Waals surface area contributed by atoms with Gasteiger partial charge in [-0.2, -0.15) is 0 Å². The molecule has 0 bridgehead atoms. The van der Waals surface area contributed by atoms with E-state index in [-0.39, 0.29) is 36.0 Å². The molecule has 0 saturated heterocycles. The van der Waals surface area contributed by atoms with E-state index in [1.165, 1.54) is 0 Å². The molecule has 1 unspecified atom stereocenters. The molecule has 0 heterocycles. The third-order valence-corrected chi connectivity index (χ3v) is 3.01. The van der Waals surface area contributed by atoms with Crippen LogP contribution in [0.1, 0.15) is 52.9 Å². The van der Waals surface area contributed by atoms with Gasteiger partial charge in [-0.25, -0.2) is 0 Å². The summed E-state index contributed by atoms with van der Waals surface area (Å²) in [5.74, 6) is 0.741. The van der Waals surface area contributed by atoms with Crippen LogP contribution in [0.3, 0.4) is 0 Å². The van der Waals surface area contributed by atoms with Crippen molar-refractivity contribution < 1.29 is 14.3 Å². The minimum absolute atomic E-state index is 0. The first-order chi connectivity index (χ1) is 10.6. The fourth-order valence-corrected chi connectivity index (χ4v) is 2.00. The molecule has 0 aliphatic rings. The zero-order valence-electron chi connectivity index (χ0n) is 15.0. The first-order valence-corrected chi connectivity index (χ1v) is 8.33. The molecule has 0 aromatic heterocycles. The molecule has 0 amide bonds. The molecule has 0 spiro atoms. The SMILES string of the molecule is CCNC(=NCCCCCCC(=O)OCC)NC(C)COC.I. The highest BCUT2D eigenvalue weighted by Gasteiger charge is 2.04. The number of unbranched alkanes of at least 4 members (excludes halogenated alkanes) is 3. The number of aliphatic imine (C=N–C) groups is 1. The number of halogens is 1.